The summed E-state index contributed by atoms with van der Waals surface area (Å²) in [5.74, 6) is -1.05. The van der Waals surface area contributed by atoms with E-state index in [4.69, 9.17) is 9.84 Å². The summed E-state index contributed by atoms with van der Waals surface area (Å²) in [6, 6.07) is -0.501. The molecule has 1 unspecified atom stereocenters. The van der Waals surface area contributed by atoms with Crippen LogP contribution in [0.15, 0.2) is 0 Å². The lowest BCUT2D eigenvalue weighted by molar-refractivity contribution is -0.143. The highest BCUT2D eigenvalue weighted by molar-refractivity contribution is 5.85. The third-order valence-corrected chi connectivity index (χ3v) is 2.49. The van der Waals surface area contributed by atoms with Crippen LogP contribution in [0.4, 0.5) is 4.79 Å². The number of carbonyl (C=O) groups excluding carboxylic acids is 1. The molecule has 0 aromatic rings. The van der Waals surface area contributed by atoms with Gasteiger partial charge in [-0.25, -0.2) is 9.59 Å². The Morgan fingerprint density at radius 2 is 1.78 bits per heavy atom. The van der Waals surface area contributed by atoms with E-state index >= 15 is 0 Å². The largest absolute Gasteiger partial charge is 0.480 e. The summed E-state index contributed by atoms with van der Waals surface area (Å²) in [6.07, 6.45) is 0.314. The van der Waals surface area contributed by atoms with Gasteiger partial charge in [0.15, 0.2) is 0 Å². The first-order valence-corrected chi connectivity index (χ1v) is 6.04. The molecule has 0 bridgehead atoms. The van der Waals surface area contributed by atoms with Gasteiger partial charge in [-0.2, -0.15) is 0 Å². The van der Waals surface area contributed by atoms with Crippen LogP contribution in [0.2, 0.25) is 0 Å². The SMILES string of the molecule is CCC(C)(NC(=O)NCCOC(C)(C)C)C(=O)O. The maximum Gasteiger partial charge on any atom is 0.329 e. The lowest BCUT2D eigenvalue weighted by atomic mass is 10.00. The molecule has 0 rings (SSSR count). The number of nitrogens with one attached hydrogen (secondary N) is 2. The monoisotopic (exact) mass is 260 g/mol. The minimum absolute atomic E-state index is 0.253. The smallest absolute Gasteiger partial charge is 0.329 e. The number of hydrogen-bond acceptors (Lipinski definition) is 3. The minimum atomic E-state index is -1.24. The van der Waals surface area contributed by atoms with Gasteiger partial charge < -0.3 is 20.5 Å². The van der Waals surface area contributed by atoms with Crippen molar-refractivity contribution in [2.24, 2.45) is 0 Å². The van der Waals surface area contributed by atoms with Crippen LogP contribution in [-0.2, 0) is 9.53 Å². The molecule has 18 heavy (non-hydrogen) atoms. The Bertz CT molecular complexity index is 299. The number of carboxylic acids is 1. The van der Waals surface area contributed by atoms with Gasteiger partial charge in [-0.3, -0.25) is 0 Å². The topological polar surface area (TPSA) is 87.7 Å². The Morgan fingerprint density at radius 1 is 1.22 bits per heavy atom. The van der Waals surface area contributed by atoms with Gasteiger partial charge in [0, 0.05) is 6.54 Å². The van der Waals surface area contributed by atoms with Crippen molar-refractivity contribution in [1.82, 2.24) is 10.6 Å². The predicted octanol–water partition coefficient (Wildman–Crippen LogP) is 1.35. The molecule has 0 spiro atoms. The highest BCUT2D eigenvalue weighted by Crippen LogP contribution is 2.08. The van der Waals surface area contributed by atoms with Crippen molar-refractivity contribution in [3.05, 3.63) is 0 Å². The Morgan fingerprint density at radius 3 is 2.17 bits per heavy atom. The first-order chi connectivity index (χ1) is 8.10. The minimum Gasteiger partial charge on any atom is -0.480 e. The van der Waals surface area contributed by atoms with Crippen molar-refractivity contribution in [3.8, 4) is 0 Å². The number of carboxylic acid groups (broad SMARTS) is 1. The van der Waals surface area contributed by atoms with Crippen molar-refractivity contribution in [1.29, 1.82) is 0 Å². The Kier molecular flexibility index (Phi) is 6.11. The fraction of sp³-hybridized carbons (Fsp3) is 0.833. The Labute approximate surface area is 108 Å². The van der Waals surface area contributed by atoms with Gasteiger partial charge in [0.25, 0.3) is 0 Å². The number of rotatable bonds is 6. The van der Waals surface area contributed by atoms with Crippen LogP contribution in [0.5, 0.6) is 0 Å². The van der Waals surface area contributed by atoms with Gasteiger partial charge >= 0.3 is 12.0 Å². The first-order valence-electron chi connectivity index (χ1n) is 6.04. The summed E-state index contributed by atoms with van der Waals surface area (Å²) < 4.78 is 5.42. The van der Waals surface area contributed by atoms with Crippen LogP contribution in [0.3, 0.4) is 0 Å². The molecule has 0 heterocycles. The fourth-order valence-corrected chi connectivity index (χ4v) is 1.11. The number of hydrogen-bond donors (Lipinski definition) is 3. The zero-order valence-electron chi connectivity index (χ0n) is 11.8. The molecule has 0 aromatic carbocycles. The molecule has 0 aromatic heterocycles. The maximum absolute atomic E-state index is 11.5. The number of ether oxygens (including phenoxy) is 1. The molecule has 3 N–H and O–H groups in total. The van der Waals surface area contributed by atoms with E-state index in [1.807, 2.05) is 20.8 Å². The summed E-state index contributed by atoms with van der Waals surface area (Å²) >= 11 is 0. The van der Waals surface area contributed by atoms with E-state index in [2.05, 4.69) is 10.6 Å². The molecule has 2 amide bonds. The summed E-state index contributed by atoms with van der Waals surface area (Å²) in [5.41, 5.74) is -1.49. The van der Waals surface area contributed by atoms with Crippen molar-refractivity contribution >= 4 is 12.0 Å². The zero-order chi connectivity index (χ0) is 14.4. The van der Waals surface area contributed by atoms with E-state index in [1.54, 1.807) is 6.92 Å². The predicted molar refractivity (Wildman–Crippen MR) is 68.6 cm³/mol. The van der Waals surface area contributed by atoms with Crippen LogP contribution >= 0.6 is 0 Å². The lowest BCUT2D eigenvalue weighted by Crippen LogP contribution is -2.55. The molecule has 1 atom stereocenters. The lowest BCUT2D eigenvalue weighted by Gasteiger charge is -2.25. The number of carbonyl (C=O) groups is 2. The van der Waals surface area contributed by atoms with Crippen molar-refractivity contribution < 1.29 is 19.4 Å². The number of urea groups is 1. The van der Waals surface area contributed by atoms with Crippen LogP contribution in [0.1, 0.15) is 41.0 Å². The molecule has 0 saturated heterocycles. The molecule has 0 saturated carbocycles. The maximum atomic E-state index is 11.5. The van der Waals surface area contributed by atoms with E-state index in [-0.39, 0.29) is 5.60 Å². The average Bonchev–Trinajstić information content (AvgIpc) is 2.22. The van der Waals surface area contributed by atoms with Crippen molar-refractivity contribution in [2.75, 3.05) is 13.2 Å². The third kappa shape index (κ3) is 6.44. The van der Waals surface area contributed by atoms with Gasteiger partial charge in [-0.15, -0.1) is 0 Å². The van der Waals surface area contributed by atoms with Crippen LogP contribution in [0, 0.1) is 0 Å². The van der Waals surface area contributed by atoms with Crippen LogP contribution in [0.25, 0.3) is 0 Å². The summed E-state index contributed by atoms with van der Waals surface area (Å²) in [5, 5.41) is 14.0. The Hall–Kier alpha value is -1.30. The Balaban J connectivity index is 4.02. The van der Waals surface area contributed by atoms with Crippen LogP contribution < -0.4 is 10.6 Å². The zero-order valence-corrected chi connectivity index (χ0v) is 11.8. The summed E-state index contributed by atoms with van der Waals surface area (Å²) in [4.78, 5) is 22.5. The molecule has 0 fully saturated rings. The van der Waals surface area contributed by atoms with E-state index in [9.17, 15) is 9.59 Å². The summed E-state index contributed by atoms with van der Waals surface area (Å²) in [7, 11) is 0. The fourth-order valence-electron chi connectivity index (χ4n) is 1.11. The van der Waals surface area contributed by atoms with E-state index in [0.717, 1.165) is 0 Å². The molecule has 6 heteroatoms. The molecule has 106 valence electrons. The highest BCUT2D eigenvalue weighted by atomic mass is 16.5. The van der Waals surface area contributed by atoms with E-state index in [1.165, 1.54) is 6.92 Å². The molecule has 0 aliphatic heterocycles. The van der Waals surface area contributed by atoms with Gasteiger partial charge in [0.2, 0.25) is 0 Å². The van der Waals surface area contributed by atoms with Crippen molar-refractivity contribution in [3.63, 3.8) is 0 Å². The number of amides is 2. The second kappa shape index (κ2) is 6.58. The van der Waals surface area contributed by atoms with Gasteiger partial charge in [0.05, 0.1) is 12.2 Å². The van der Waals surface area contributed by atoms with Gasteiger partial charge in [0.1, 0.15) is 5.54 Å². The van der Waals surface area contributed by atoms with Crippen LogP contribution in [-0.4, -0.2) is 41.4 Å². The highest BCUT2D eigenvalue weighted by Gasteiger charge is 2.32. The van der Waals surface area contributed by atoms with Crippen molar-refractivity contribution in [2.45, 2.75) is 52.2 Å². The normalized spacial score (nSPS) is 14.7. The molecule has 0 aliphatic rings. The molecule has 0 radical (unpaired) electrons. The quantitative estimate of drug-likeness (QED) is 0.629. The second-order valence-corrected chi connectivity index (χ2v) is 5.33. The standard InChI is InChI=1S/C12H24N2O4/c1-6-12(5,9(15)16)14-10(17)13-7-8-18-11(2,3)4/h6-8H2,1-5H3,(H,15,16)(H2,13,14,17). The van der Waals surface area contributed by atoms with Gasteiger partial charge in [-0.05, 0) is 34.1 Å². The molecular weight excluding hydrogens is 236 g/mol. The van der Waals surface area contributed by atoms with E-state index in [0.29, 0.717) is 19.6 Å². The molecule has 6 nitrogen and oxygen atoms in total. The average molecular weight is 260 g/mol. The second-order valence-electron chi connectivity index (χ2n) is 5.33. The van der Waals surface area contributed by atoms with E-state index < -0.39 is 17.5 Å². The van der Waals surface area contributed by atoms with Gasteiger partial charge in [-0.1, -0.05) is 6.92 Å². The first kappa shape index (κ1) is 16.7. The molecular formula is C12H24N2O4. The molecule has 0 aliphatic carbocycles. The summed E-state index contributed by atoms with van der Waals surface area (Å²) in [6.45, 7) is 9.66. The number of aliphatic carboxylic acids is 1. The third-order valence-electron chi connectivity index (χ3n) is 2.49.